The maximum Gasteiger partial charge on any atom is 0.244 e. The third kappa shape index (κ3) is 7.61. The van der Waals surface area contributed by atoms with E-state index in [0.29, 0.717) is 12.3 Å². The van der Waals surface area contributed by atoms with Gasteiger partial charge < -0.3 is 19.7 Å². The molecule has 0 unspecified atom stereocenters. The molecule has 1 atom stereocenters. The van der Waals surface area contributed by atoms with Crippen molar-refractivity contribution in [1.29, 1.82) is 0 Å². The standard InChI is InChI=1S/C26H37N3O6S/c1-7-8-15-27-26(31)20(3)28(17-21-12-10-9-11-19(21)2)25(30)18-29(36(6,32)33)23-16-22(34-4)13-14-24(23)35-5/h9-14,16,20H,7-8,15,17-18H2,1-6H3,(H,27,31)/t20-/m1/s1. The zero-order valence-corrected chi connectivity index (χ0v) is 22.7. The first-order valence-electron chi connectivity index (χ1n) is 11.8. The van der Waals surface area contributed by atoms with Gasteiger partial charge in [-0.1, -0.05) is 37.6 Å². The molecular weight excluding hydrogens is 482 g/mol. The number of amides is 2. The number of methoxy groups -OCH3 is 2. The molecule has 0 saturated heterocycles. The van der Waals surface area contributed by atoms with Gasteiger partial charge in [0.15, 0.2) is 0 Å². The van der Waals surface area contributed by atoms with Crippen molar-refractivity contribution in [1.82, 2.24) is 10.2 Å². The number of benzene rings is 2. The number of carbonyl (C=O) groups is 2. The molecular formula is C26H37N3O6S. The topological polar surface area (TPSA) is 105 Å². The molecule has 0 aromatic heterocycles. The van der Waals surface area contributed by atoms with Crippen LogP contribution in [0.3, 0.4) is 0 Å². The van der Waals surface area contributed by atoms with Gasteiger partial charge in [0, 0.05) is 19.2 Å². The summed E-state index contributed by atoms with van der Waals surface area (Å²) in [7, 11) is -1.02. The third-order valence-corrected chi connectivity index (χ3v) is 7.06. The van der Waals surface area contributed by atoms with Crippen molar-refractivity contribution in [2.75, 3.05) is 37.9 Å². The lowest BCUT2D eigenvalue weighted by atomic mass is 10.1. The van der Waals surface area contributed by atoms with Crippen LogP contribution in [0.2, 0.25) is 0 Å². The van der Waals surface area contributed by atoms with Crippen molar-refractivity contribution < 1.29 is 27.5 Å². The first-order valence-corrected chi connectivity index (χ1v) is 13.7. The fraction of sp³-hybridized carbons (Fsp3) is 0.462. The van der Waals surface area contributed by atoms with E-state index in [1.54, 1.807) is 19.1 Å². The molecule has 0 bridgehead atoms. The van der Waals surface area contributed by atoms with E-state index in [9.17, 15) is 18.0 Å². The van der Waals surface area contributed by atoms with Crippen LogP contribution in [0.5, 0.6) is 11.5 Å². The maximum atomic E-state index is 13.7. The molecule has 0 fully saturated rings. The van der Waals surface area contributed by atoms with Gasteiger partial charge in [-0.15, -0.1) is 0 Å². The van der Waals surface area contributed by atoms with Crippen LogP contribution in [0.4, 0.5) is 5.69 Å². The van der Waals surface area contributed by atoms with Crippen LogP contribution in [0.25, 0.3) is 0 Å². The predicted octanol–water partition coefficient (Wildman–Crippen LogP) is 3.11. The SMILES string of the molecule is CCCCNC(=O)[C@@H](C)N(Cc1ccccc1C)C(=O)CN(c1cc(OC)ccc1OC)S(C)(=O)=O. The van der Waals surface area contributed by atoms with Crippen LogP contribution in [0, 0.1) is 6.92 Å². The average Bonchev–Trinajstić information content (AvgIpc) is 2.85. The predicted molar refractivity (Wildman–Crippen MR) is 141 cm³/mol. The molecule has 198 valence electrons. The molecule has 0 saturated carbocycles. The number of rotatable bonds is 13. The second kappa shape index (κ2) is 13.2. The van der Waals surface area contributed by atoms with Gasteiger partial charge in [0.1, 0.15) is 24.1 Å². The zero-order chi connectivity index (χ0) is 26.9. The van der Waals surface area contributed by atoms with Gasteiger partial charge >= 0.3 is 0 Å². The molecule has 36 heavy (non-hydrogen) atoms. The Morgan fingerprint density at radius 2 is 1.78 bits per heavy atom. The summed E-state index contributed by atoms with van der Waals surface area (Å²) >= 11 is 0. The minimum absolute atomic E-state index is 0.153. The monoisotopic (exact) mass is 519 g/mol. The van der Waals surface area contributed by atoms with Crippen LogP contribution in [0.15, 0.2) is 42.5 Å². The van der Waals surface area contributed by atoms with Crippen LogP contribution in [-0.4, -0.2) is 64.7 Å². The van der Waals surface area contributed by atoms with Gasteiger partial charge in [-0.05, 0) is 43.5 Å². The van der Waals surface area contributed by atoms with Crippen molar-refractivity contribution in [2.45, 2.75) is 46.2 Å². The summed E-state index contributed by atoms with van der Waals surface area (Å²) in [5.41, 5.74) is 2.00. The summed E-state index contributed by atoms with van der Waals surface area (Å²) in [4.78, 5) is 28.0. The maximum absolute atomic E-state index is 13.7. The van der Waals surface area contributed by atoms with E-state index in [0.717, 1.165) is 34.5 Å². The van der Waals surface area contributed by atoms with E-state index in [-0.39, 0.29) is 23.9 Å². The number of nitrogens with zero attached hydrogens (tertiary/aromatic N) is 2. The van der Waals surface area contributed by atoms with Crippen LogP contribution < -0.4 is 19.1 Å². The fourth-order valence-corrected chi connectivity index (χ4v) is 4.52. The Balaban J connectivity index is 2.46. The molecule has 2 aromatic rings. The lowest BCUT2D eigenvalue weighted by Gasteiger charge is -2.32. The lowest BCUT2D eigenvalue weighted by molar-refractivity contribution is -0.139. The van der Waals surface area contributed by atoms with E-state index in [1.807, 2.05) is 38.1 Å². The minimum Gasteiger partial charge on any atom is -0.497 e. The highest BCUT2D eigenvalue weighted by atomic mass is 32.2. The zero-order valence-electron chi connectivity index (χ0n) is 21.9. The molecule has 2 rings (SSSR count). The highest BCUT2D eigenvalue weighted by molar-refractivity contribution is 7.92. The summed E-state index contributed by atoms with van der Waals surface area (Å²) in [5, 5.41) is 2.87. The minimum atomic E-state index is -3.90. The van der Waals surface area contributed by atoms with Crippen LogP contribution in [-0.2, 0) is 26.2 Å². The molecule has 2 aromatic carbocycles. The Bertz CT molecular complexity index is 1150. The highest BCUT2D eigenvalue weighted by Crippen LogP contribution is 2.34. The molecule has 9 nitrogen and oxygen atoms in total. The van der Waals surface area contributed by atoms with Crippen molar-refractivity contribution in [2.24, 2.45) is 0 Å². The molecule has 0 aliphatic heterocycles. The number of ether oxygens (including phenoxy) is 2. The number of aryl methyl sites for hydroxylation is 1. The van der Waals surface area contributed by atoms with E-state index < -0.39 is 28.5 Å². The third-order valence-electron chi connectivity index (χ3n) is 5.93. The van der Waals surface area contributed by atoms with E-state index in [2.05, 4.69) is 5.32 Å². The highest BCUT2D eigenvalue weighted by Gasteiger charge is 2.31. The van der Waals surface area contributed by atoms with E-state index in [1.165, 1.54) is 25.2 Å². The number of sulfonamides is 1. The van der Waals surface area contributed by atoms with Gasteiger partial charge in [0.2, 0.25) is 21.8 Å². The molecule has 1 N–H and O–H groups in total. The Morgan fingerprint density at radius 3 is 2.36 bits per heavy atom. The van der Waals surface area contributed by atoms with Gasteiger partial charge in [0.25, 0.3) is 0 Å². The summed E-state index contributed by atoms with van der Waals surface area (Å²) in [6, 6.07) is 11.5. The Kier molecular flexibility index (Phi) is 10.6. The van der Waals surface area contributed by atoms with Crippen LogP contribution in [0.1, 0.15) is 37.8 Å². The quantitative estimate of drug-likeness (QED) is 0.408. The van der Waals surface area contributed by atoms with E-state index >= 15 is 0 Å². The number of hydrogen-bond donors (Lipinski definition) is 1. The van der Waals surface area contributed by atoms with Gasteiger partial charge in [0.05, 0.1) is 26.2 Å². The summed E-state index contributed by atoms with van der Waals surface area (Å²) in [6.07, 6.45) is 2.76. The number of hydrogen-bond acceptors (Lipinski definition) is 6. The lowest BCUT2D eigenvalue weighted by Crippen LogP contribution is -2.51. The van der Waals surface area contributed by atoms with Crippen molar-refractivity contribution >= 4 is 27.5 Å². The number of carbonyl (C=O) groups excluding carboxylic acids is 2. The Hall–Kier alpha value is -3.27. The largest absolute Gasteiger partial charge is 0.497 e. The summed E-state index contributed by atoms with van der Waals surface area (Å²) in [5.74, 6) is -0.140. The Morgan fingerprint density at radius 1 is 1.08 bits per heavy atom. The van der Waals surface area contributed by atoms with Gasteiger partial charge in [-0.25, -0.2) is 8.42 Å². The van der Waals surface area contributed by atoms with Crippen molar-refractivity contribution in [3.05, 3.63) is 53.6 Å². The second-order valence-electron chi connectivity index (χ2n) is 8.58. The number of unbranched alkanes of at least 4 members (excludes halogenated alkanes) is 1. The average molecular weight is 520 g/mol. The molecule has 0 spiro atoms. The van der Waals surface area contributed by atoms with Gasteiger partial charge in [-0.2, -0.15) is 0 Å². The number of anilines is 1. The van der Waals surface area contributed by atoms with Gasteiger partial charge in [-0.3, -0.25) is 13.9 Å². The van der Waals surface area contributed by atoms with E-state index in [4.69, 9.17) is 9.47 Å². The summed E-state index contributed by atoms with van der Waals surface area (Å²) < 4.78 is 37.2. The molecule has 0 radical (unpaired) electrons. The Labute approximate surface area is 214 Å². The molecule has 10 heteroatoms. The molecule has 2 amide bonds. The first-order chi connectivity index (χ1) is 17.0. The first kappa shape index (κ1) is 29.0. The normalized spacial score (nSPS) is 11.9. The van der Waals surface area contributed by atoms with Crippen molar-refractivity contribution in [3.8, 4) is 11.5 Å². The summed E-state index contributed by atoms with van der Waals surface area (Å²) in [6.45, 7) is 5.74. The van der Waals surface area contributed by atoms with Crippen LogP contribution >= 0.6 is 0 Å². The smallest absolute Gasteiger partial charge is 0.244 e. The molecule has 0 heterocycles. The second-order valence-corrected chi connectivity index (χ2v) is 10.5. The molecule has 0 aliphatic rings. The van der Waals surface area contributed by atoms with Crippen molar-refractivity contribution in [3.63, 3.8) is 0 Å². The fourth-order valence-electron chi connectivity index (χ4n) is 3.68. The molecule has 0 aliphatic carbocycles. The number of nitrogens with one attached hydrogen (secondary N) is 1.